The Bertz CT molecular complexity index is 660. The Balaban J connectivity index is 1.67. The zero-order valence-electron chi connectivity index (χ0n) is 12.3. The largest absolute Gasteiger partial charge is 0.340 e. The summed E-state index contributed by atoms with van der Waals surface area (Å²) in [4.78, 5) is 16.0. The van der Waals surface area contributed by atoms with Crippen molar-refractivity contribution in [2.24, 2.45) is 5.92 Å². The number of benzene rings is 1. The van der Waals surface area contributed by atoms with Crippen LogP contribution < -0.4 is 10.6 Å². The monoisotopic (exact) mass is 281 g/mol. The fourth-order valence-electron chi connectivity index (χ4n) is 2.22. The van der Waals surface area contributed by atoms with E-state index in [4.69, 9.17) is 0 Å². The molecule has 2 N–H and O–H groups in total. The van der Waals surface area contributed by atoms with Crippen molar-refractivity contribution in [3.05, 3.63) is 47.7 Å². The van der Waals surface area contributed by atoms with Crippen molar-refractivity contribution in [3.8, 4) is 0 Å². The minimum absolute atomic E-state index is 0.104. The first-order chi connectivity index (χ1) is 10.1. The Labute approximate surface area is 124 Å². The molecule has 0 unspecified atom stereocenters. The van der Waals surface area contributed by atoms with Crippen LogP contribution in [-0.4, -0.2) is 10.9 Å². The highest BCUT2D eigenvalue weighted by atomic mass is 16.2. The molecule has 4 heteroatoms. The van der Waals surface area contributed by atoms with Crippen LogP contribution in [0.1, 0.15) is 24.0 Å². The minimum Gasteiger partial charge on any atom is -0.340 e. The summed E-state index contributed by atoms with van der Waals surface area (Å²) >= 11 is 0. The molecule has 108 valence electrons. The fraction of sp³-hybridized carbons (Fsp3) is 0.294. The summed E-state index contributed by atoms with van der Waals surface area (Å²) in [6, 6.07) is 10.0. The van der Waals surface area contributed by atoms with Crippen molar-refractivity contribution in [3.63, 3.8) is 0 Å². The zero-order valence-corrected chi connectivity index (χ0v) is 12.3. The van der Waals surface area contributed by atoms with Crippen molar-refractivity contribution in [1.82, 2.24) is 4.98 Å². The van der Waals surface area contributed by atoms with Crippen molar-refractivity contribution in [2.45, 2.75) is 26.7 Å². The molecule has 1 heterocycles. The minimum atomic E-state index is 0.104. The Hall–Kier alpha value is -2.36. The topological polar surface area (TPSA) is 54.0 Å². The van der Waals surface area contributed by atoms with E-state index in [1.807, 2.05) is 12.1 Å². The summed E-state index contributed by atoms with van der Waals surface area (Å²) in [6.45, 7) is 4.14. The molecule has 0 aliphatic heterocycles. The van der Waals surface area contributed by atoms with Crippen LogP contribution in [0.4, 0.5) is 17.2 Å². The van der Waals surface area contributed by atoms with Crippen LogP contribution in [0.15, 0.2) is 36.5 Å². The lowest BCUT2D eigenvalue weighted by Crippen LogP contribution is -2.13. The van der Waals surface area contributed by atoms with Gasteiger partial charge in [-0.25, -0.2) is 4.98 Å². The summed E-state index contributed by atoms with van der Waals surface area (Å²) < 4.78 is 0. The van der Waals surface area contributed by atoms with Crippen LogP contribution in [0.25, 0.3) is 0 Å². The van der Waals surface area contributed by atoms with Gasteiger partial charge >= 0.3 is 0 Å². The van der Waals surface area contributed by atoms with Gasteiger partial charge in [0.2, 0.25) is 5.91 Å². The van der Waals surface area contributed by atoms with Gasteiger partial charge in [0.15, 0.2) is 0 Å². The average molecular weight is 281 g/mol. The van der Waals surface area contributed by atoms with Gasteiger partial charge in [0.05, 0.1) is 11.9 Å². The van der Waals surface area contributed by atoms with E-state index in [9.17, 15) is 4.79 Å². The molecule has 1 amide bonds. The molecule has 4 nitrogen and oxygen atoms in total. The molecule has 0 bridgehead atoms. The summed E-state index contributed by atoms with van der Waals surface area (Å²) in [7, 11) is 0. The third-order valence-corrected chi connectivity index (χ3v) is 3.62. The van der Waals surface area contributed by atoms with Crippen LogP contribution in [0, 0.1) is 19.8 Å². The number of pyridine rings is 1. The Morgan fingerprint density at radius 2 is 2.00 bits per heavy atom. The van der Waals surface area contributed by atoms with Gasteiger partial charge in [0, 0.05) is 11.6 Å². The molecule has 3 rings (SSSR count). The van der Waals surface area contributed by atoms with E-state index in [0.29, 0.717) is 0 Å². The first kappa shape index (κ1) is 13.6. The predicted octanol–water partition coefficient (Wildman–Crippen LogP) is 3.79. The highest BCUT2D eigenvalue weighted by molar-refractivity contribution is 5.93. The number of nitrogens with zero attached hydrogens (tertiary/aromatic N) is 1. The van der Waals surface area contributed by atoms with Gasteiger partial charge in [0.25, 0.3) is 0 Å². The van der Waals surface area contributed by atoms with E-state index in [1.54, 1.807) is 6.20 Å². The molecular weight excluding hydrogens is 262 g/mol. The summed E-state index contributed by atoms with van der Waals surface area (Å²) in [5, 5.41) is 6.18. The van der Waals surface area contributed by atoms with E-state index in [0.717, 1.165) is 30.0 Å². The second-order valence-corrected chi connectivity index (χ2v) is 5.64. The number of amides is 1. The highest BCUT2D eigenvalue weighted by Gasteiger charge is 2.29. The number of anilines is 3. The van der Waals surface area contributed by atoms with Crippen molar-refractivity contribution in [2.75, 3.05) is 10.6 Å². The number of carbonyl (C=O) groups excluding carboxylic acids is 1. The maximum Gasteiger partial charge on any atom is 0.227 e. The molecule has 1 aromatic carbocycles. The number of nitrogens with one attached hydrogen (secondary N) is 2. The molecule has 1 aliphatic rings. The second-order valence-electron chi connectivity index (χ2n) is 5.64. The summed E-state index contributed by atoms with van der Waals surface area (Å²) in [5.41, 5.74) is 4.22. The first-order valence-electron chi connectivity index (χ1n) is 7.23. The predicted molar refractivity (Wildman–Crippen MR) is 84.8 cm³/mol. The van der Waals surface area contributed by atoms with Gasteiger partial charge in [-0.15, -0.1) is 0 Å². The highest BCUT2D eigenvalue weighted by Crippen LogP contribution is 2.30. The number of hydrogen-bond acceptors (Lipinski definition) is 3. The molecular formula is C17H19N3O. The molecule has 0 saturated heterocycles. The number of aryl methyl sites for hydroxylation is 2. The van der Waals surface area contributed by atoms with Gasteiger partial charge < -0.3 is 10.6 Å². The van der Waals surface area contributed by atoms with Crippen LogP contribution in [0.2, 0.25) is 0 Å². The smallest absolute Gasteiger partial charge is 0.227 e. The molecule has 0 atom stereocenters. The van der Waals surface area contributed by atoms with Gasteiger partial charge in [-0.3, -0.25) is 4.79 Å². The molecule has 1 aliphatic carbocycles. The van der Waals surface area contributed by atoms with E-state index < -0.39 is 0 Å². The zero-order chi connectivity index (χ0) is 14.8. The molecule has 1 fully saturated rings. The van der Waals surface area contributed by atoms with E-state index in [1.165, 1.54) is 11.1 Å². The fourth-order valence-corrected chi connectivity index (χ4v) is 2.22. The Morgan fingerprint density at radius 3 is 2.62 bits per heavy atom. The number of carbonyl (C=O) groups is 1. The van der Waals surface area contributed by atoms with Gasteiger partial charge in [-0.05, 0) is 50.5 Å². The van der Waals surface area contributed by atoms with Crippen molar-refractivity contribution in [1.29, 1.82) is 0 Å². The van der Waals surface area contributed by atoms with Crippen LogP contribution in [0.5, 0.6) is 0 Å². The molecule has 0 spiro atoms. The van der Waals surface area contributed by atoms with E-state index in [-0.39, 0.29) is 11.8 Å². The normalized spacial score (nSPS) is 13.8. The maximum atomic E-state index is 11.7. The van der Waals surface area contributed by atoms with Crippen molar-refractivity contribution >= 4 is 23.1 Å². The maximum absolute atomic E-state index is 11.7. The SMILES string of the molecule is Cc1ccc(Nc2ccc(NC(=O)C3CC3)cn2)c(C)c1. The number of rotatable bonds is 4. The third-order valence-electron chi connectivity index (χ3n) is 3.62. The standard InChI is InChI=1S/C17H19N3O/c1-11-3-7-15(12(2)9-11)20-16-8-6-14(10-18-16)19-17(21)13-4-5-13/h3,6-10,13H,4-5H2,1-2H3,(H,18,20)(H,19,21). The van der Waals surface area contributed by atoms with E-state index in [2.05, 4.69) is 47.7 Å². The molecule has 1 aromatic heterocycles. The first-order valence-corrected chi connectivity index (χ1v) is 7.23. The average Bonchev–Trinajstić information content (AvgIpc) is 3.28. The third kappa shape index (κ3) is 3.40. The molecule has 0 radical (unpaired) electrons. The lowest BCUT2D eigenvalue weighted by molar-refractivity contribution is -0.117. The number of aromatic nitrogens is 1. The second kappa shape index (κ2) is 5.56. The Kier molecular flexibility index (Phi) is 3.60. The van der Waals surface area contributed by atoms with Gasteiger partial charge in [-0.2, -0.15) is 0 Å². The van der Waals surface area contributed by atoms with Gasteiger partial charge in [-0.1, -0.05) is 17.7 Å². The van der Waals surface area contributed by atoms with Crippen molar-refractivity contribution < 1.29 is 4.79 Å². The lowest BCUT2D eigenvalue weighted by Gasteiger charge is -2.10. The van der Waals surface area contributed by atoms with Crippen LogP contribution in [-0.2, 0) is 4.79 Å². The van der Waals surface area contributed by atoms with Gasteiger partial charge in [0.1, 0.15) is 5.82 Å². The van der Waals surface area contributed by atoms with Crippen LogP contribution >= 0.6 is 0 Å². The van der Waals surface area contributed by atoms with Crippen LogP contribution in [0.3, 0.4) is 0 Å². The van der Waals surface area contributed by atoms with E-state index >= 15 is 0 Å². The Morgan fingerprint density at radius 1 is 1.19 bits per heavy atom. The molecule has 21 heavy (non-hydrogen) atoms. The molecule has 2 aromatic rings. The summed E-state index contributed by atoms with van der Waals surface area (Å²) in [6.07, 6.45) is 3.70. The summed E-state index contributed by atoms with van der Waals surface area (Å²) in [5.74, 6) is 1.08. The molecule has 1 saturated carbocycles. The lowest BCUT2D eigenvalue weighted by atomic mass is 10.1. The number of hydrogen-bond donors (Lipinski definition) is 2. The quantitative estimate of drug-likeness (QED) is 0.896.